The Hall–Kier alpha value is -1.23. The molecule has 106 valence electrons. The number of thiazole rings is 1. The lowest BCUT2D eigenvalue weighted by Crippen LogP contribution is -2.45. The Kier molecular flexibility index (Phi) is 3.87. The third-order valence-electron chi connectivity index (χ3n) is 4.36. The van der Waals surface area contributed by atoms with Gasteiger partial charge in [-0.2, -0.15) is 0 Å². The molecule has 0 spiro atoms. The van der Waals surface area contributed by atoms with E-state index < -0.39 is 0 Å². The van der Waals surface area contributed by atoms with Crippen LogP contribution in [0.15, 0.2) is 35.7 Å². The SMILES string of the molecule is CN1CCC(CN)(c2nc(-c3ccccc3)cs2)CC1. The molecule has 0 aliphatic carbocycles. The normalized spacial score (nSPS) is 19.1. The maximum absolute atomic E-state index is 6.11. The number of hydrogen-bond donors (Lipinski definition) is 1. The van der Waals surface area contributed by atoms with Crippen molar-refractivity contribution in [1.82, 2.24) is 9.88 Å². The molecule has 0 saturated carbocycles. The summed E-state index contributed by atoms with van der Waals surface area (Å²) in [5.74, 6) is 0. The third kappa shape index (κ3) is 2.51. The van der Waals surface area contributed by atoms with Gasteiger partial charge in [-0.05, 0) is 33.0 Å². The molecule has 0 radical (unpaired) electrons. The van der Waals surface area contributed by atoms with Crippen molar-refractivity contribution in [2.45, 2.75) is 18.3 Å². The van der Waals surface area contributed by atoms with Crippen LogP contribution in [0.3, 0.4) is 0 Å². The first-order valence-corrected chi connectivity index (χ1v) is 8.01. The summed E-state index contributed by atoms with van der Waals surface area (Å²) >= 11 is 1.77. The molecule has 1 saturated heterocycles. The summed E-state index contributed by atoms with van der Waals surface area (Å²) in [6.07, 6.45) is 2.23. The summed E-state index contributed by atoms with van der Waals surface area (Å²) in [6, 6.07) is 10.4. The molecular formula is C16H21N3S. The van der Waals surface area contributed by atoms with Crippen LogP contribution in [-0.2, 0) is 5.41 Å². The van der Waals surface area contributed by atoms with Crippen molar-refractivity contribution >= 4 is 11.3 Å². The van der Waals surface area contributed by atoms with Crippen LogP contribution >= 0.6 is 11.3 Å². The van der Waals surface area contributed by atoms with Crippen molar-refractivity contribution < 1.29 is 0 Å². The summed E-state index contributed by atoms with van der Waals surface area (Å²) in [4.78, 5) is 7.27. The second-order valence-corrected chi connectivity index (χ2v) is 6.55. The highest BCUT2D eigenvalue weighted by Gasteiger charge is 2.36. The lowest BCUT2D eigenvalue weighted by molar-refractivity contribution is 0.191. The zero-order valence-electron chi connectivity index (χ0n) is 11.9. The van der Waals surface area contributed by atoms with Gasteiger partial charge >= 0.3 is 0 Å². The molecule has 3 rings (SSSR count). The van der Waals surface area contributed by atoms with Gasteiger partial charge in [-0.3, -0.25) is 0 Å². The van der Waals surface area contributed by atoms with E-state index in [0.717, 1.165) is 31.6 Å². The Bertz CT molecular complexity index is 556. The van der Waals surface area contributed by atoms with E-state index in [1.165, 1.54) is 10.6 Å². The molecule has 20 heavy (non-hydrogen) atoms. The minimum Gasteiger partial charge on any atom is -0.329 e. The van der Waals surface area contributed by atoms with E-state index in [0.29, 0.717) is 6.54 Å². The van der Waals surface area contributed by atoms with Crippen LogP contribution in [0.4, 0.5) is 0 Å². The molecular weight excluding hydrogens is 266 g/mol. The number of likely N-dealkylation sites (tertiary alicyclic amines) is 1. The van der Waals surface area contributed by atoms with E-state index in [-0.39, 0.29) is 5.41 Å². The van der Waals surface area contributed by atoms with E-state index in [4.69, 9.17) is 10.7 Å². The molecule has 1 aromatic carbocycles. The van der Waals surface area contributed by atoms with Crippen molar-refractivity contribution in [3.05, 3.63) is 40.7 Å². The monoisotopic (exact) mass is 287 g/mol. The standard InChI is InChI=1S/C16H21N3S/c1-19-9-7-16(12-17,8-10-19)15-18-14(11-20-15)13-5-3-2-4-6-13/h2-6,11H,7-10,12,17H2,1H3. The first-order chi connectivity index (χ1) is 9.73. The van der Waals surface area contributed by atoms with E-state index >= 15 is 0 Å². The van der Waals surface area contributed by atoms with Crippen molar-refractivity contribution in [3.8, 4) is 11.3 Å². The Labute approximate surface area is 124 Å². The van der Waals surface area contributed by atoms with Gasteiger partial charge in [-0.1, -0.05) is 30.3 Å². The van der Waals surface area contributed by atoms with Crippen LogP contribution in [0.2, 0.25) is 0 Å². The van der Waals surface area contributed by atoms with E-state index in [1.54, 1.807) is 11.3 Å². The van der Waals surface area contributed by atoms with Crippen molar-refractivity contribution in [3.63, 3.8) is 0 Å². The smallest absolute Gasteiger partial charge is 0.101 e. The summed E-state index contributed by atoms with van der Waals surface area (Å²) in [5, 5.41) is 3.38. The zero-order valence-corrected chi connectivity index (χ0v) is 12.7. The highest BCUT2D eigenvalue weighted by Crippen LogP contribution is 2.37. The van der Waals surface area contributed by atoms with Gasteiger partial charge in [0.1, 0.15) is 5.01 Å². The Balaban J connectivity index is 1.89. The highest BCUT2D eigenvalue weighted by atomic mass is 32.1. The highest BCUT2D eigenvalue weighted by molar-refractivity contribution is 7.10. The molecule has 1 aliphatic heterocycles. The first kappa shape index (κ1) is 13.7. The van der Waals surface area contributed by atoms with Gasteiger partial charge in [0.2, 0.25) is 0 Å². The number of rotatable bonds is 3. The van der Waals surface area contributed by atoms with Gasteiger partial charge in [0.15, 0.2) is 0 Å². The van der Waals surface area contributed by atoms with Crippen LogP contribution in [0.5, 0.6) is 0 Å². The molecule has 1 aromatic heterocycles. The van der Waals surface area contributed by atoms with Crippen molar-refractivity contribution in [2.75, 3.05) is 26.7 Å². The minimum atomic E-state index is 0.0875. The molecule has 0 unspecified atom stereocenters. The fraction of sp³-hybridized carbons (Fsp3) is 0.438. The Morgan fingerprint density at radius 3 is 2.60 bits per heavy atom. The van der Waals surface area contributed by atoms with Crippen LogP contribution in [0.1, 0.15) is 17.8 Å². The molecule has 1 fully saturated rings. The summed E-state index contributed by atoms with van der Waals surface area (Å²) in [7, 11) is 2.18. The number of nitrogens with zero attached hydrogens (tertiary/aromatic N) is 2. The lowest BCUT2D eigenvalue weighted by atomic mass is 9.79. The maximum Gasteiger partial charge on any atom is 0.101 e. The predicted octanol–water partition coefficient (Wildman–Crippen LogP) is 2.73. The topological polar surface area (TPSA) is 42.1 Å². The molecule has 4 heteroatoms. The average Bonchev–Trinajstić information content (AvgIpc) is 3.00. The number of hydrogen-bond acceptors (Lipinski definition) is 4. The van der Waals surface area contributed by atoms with Gasteiger partial charge in [0, 0.05) is 22.9 Å². The molecule has 2 heterocycles. The van der Waals surface area contributed by atoms with E-state index in [1.807, 2.05) is 6.07 Å². The molecule has 0 bridgehead atoms. The second kappa shape index (κ2) is 5.64. The second-order valence-electron chi connectivity index (χ2n) is 5.69. The molecule has 3 nitrogen and oxygen atoms in total. The maximum atomic E-state index is 6.11. The molecule has 0 atom stereocenters. The number of piperidine rings is 1. The summed E-state index contributed by atoms with van der Waals surface area (Å²) in [5.41, 5.74) is 8.47. The third-order valence-corrected chi connectivity index (χ3v) is 5.45. The van der Waals surface area contributed by atoms with Gasteiger partial charge in [0.05, 0.1) is 5.69 Å². The molecule has 0 amide bonds. The Morgan fingerprint density at radius 2 is 1.95 bits per heavy atom. The minimum absolute atomic E-state index is 0.0875. The fourth-order valence-corrected chi connectivity index (χ4v) is 3.91. The predicted molar refractivity (Wildman–Crippen MR) is 85.0 cm³/mol. The largest absolute Gasteiger partial charge is 0.329 e. The van der Waals surface area contributed by atoms with Crippen LogP contribution < -0.4 is 5.73 Å². The van der Waals surface area contributed by atoms with E-state index in [2.05, 4.69) is 41.6 Å². The summed E-state index contributed by atoms with van der Waals surface area (Å²) in [6.45, 7) is 2.91. The Morgan fingerprint density at radius 1 is 1.25 bits per heavy atom. The number of benzene rings is 1. The fourth-order valence-electron chi connectivity index (χ4n) is 2.81. The van der Waals surface area contributed by atoms with Crippen LogP contribution in [-0.4, -0.2) is 36.6 Å². The van der Waals surface area contributed by atoms with Gasteiger partial charge < -0.3 is 10.6 Å². The van der Waals surface area contributed by atoms with Crippen LogP contribution in [0.25, 0.3) is 11.3 Å². The molecule has 1 aliphatic rings. The van der Waals surface area contributed by atoms with Crippen molar-refractivity contribution in [2.24, 2.45) is 5.73 Å². The average molecular weight is 287 g/mol. The first-order valence-electron chi connectivity index (χ1n) is 7.13. The molecule has 2 N–H and O–H groups in total. The van der Waals surface area contributed by atoms with Gasteiger partial charge in [0.25, 0.3) is 0 Å². The quantitative estimate of drug-likeness (QED) is 0.944. The zero-order chi connectivity index (χ0) is 14.0. The number of nitrogens with two attached hydrogens (primary N) is 1. The van der Waals surface area contributed by atoms with E-state index in [9.17, 15) is 0 Å². The summed E-state index contributed by atoms with van der Waals surface area (Å²) < 4.78 is 0. The van der Waals surface area contributed by atoms with Gasteiger partial charge in [-0.25, -0.2) is 4.98 Å². The molecule has 2 aromatic rings. The van der Waals surface area contributed by atoms with Gasteiger partial charge in [-0.15, -0.1) is 11.3 Å². The van der Waals surface area contributed by atoms with Crippen LogP contribution in [0, 0.1) is 0 Å². The van der Waals surface area contributed by atoms with Crippen molar-refractivity contribution in [1.29, 1.82) is 0 Å². The lowest BCUT2D eigenvalue weighted by Gasteiger charge is -2.38. The number of aromatic nitrogens is 1.